The monoisotopic (exact) mass is 907 g/mol. The summed E-state index contributed by atoms with van der Waals surface area (Å²) in [5.74, 6) is 2.43. The summed E-state index contributed by atoms with van der Waals surface area (Å²) in [5, 5.41) is 17.8. The molecule has 0 saturated heterocycles. The highest BCUT2D eigenvalue weighted by atomic mass is 32.1. The molecular formula is C62H61N5S. The number of thiophene rings is 1. The van der Waals surface area contributed by atoms with E-state index in [0.29, 0.717) is 17.8 Å². The first kappa shape index (κ1) is 41.9. The van der Waals surface area contributed by atoms with Crippen molar-refractivity contribution in [2.75, 3.05) is 6.54 Å². The molecule has 0 saturated carbocycles. The minimum atomic E-state index is -0.109. The summed E-state index contributed by atoms with van der Waals surface area (Å²) < 4.78 is 5.39. The summed E-state index contributed by atoms with van der Waals surface area (Å²) in [6.07, 6.45) is 36.1. The lowest BCUT2D eigenvalue weighted by Gasteiger charge is -2.39. The van der Waals surface area contributed by atoms with Crippen LogP contribution < -0.4 is 25.7 Å². The van der Waals surface area contributed by atoms with Crippen molar-refractivity contribution in [1.82, 2.24) is 20.5 Å². The van der Waals surface area contributed by atoms with E-state index < -0.39 is 0 Å². The molecule has 5 aliphatic carbocycles. The number of aromatic nitrogens is 1. The summed E-state index contributed by atoms with van der Waals surface area (Å²) in [4.78, 5) is 5.71. The normalized spacial score (nSPS) is 25.2. The molecule has 5 nitrogen and oxygen atoms in total. The van der Waals surface area contributed by atoms with E-state index in [1.165, 1.54) is 107 Å². The van der Waals surface area contributed by atoms with E-state index in [9.17, 15) is 0 Å². The van der Waals surface area contributed by atoms with Gasteiger partial charge >= 0.3 is 0 Å². The second-order valence-electron chi connectivity index (χ2n) is 20.2. The van der Waals surface area contributed by atoms with E-state index in [-0.39, 0.29) is 12.3 Å². The van der Waals surface area contributed by atoms with Crippen LogP contribution in [0.4, 0.5) is 0 Å². The summed E-state index contributed by atoms with van der Waals surface area (Å²) in [6.45, 7) is 0.938. The lowest BCUT2D eigenvalue weighted by molar-refractivity contribution is 0.365. The fourth-order valence-electron chi connectivity index (χ4n) is 12.7. The summed E-state index contributed by atoms with van der Waals surface area (Å²) in [6, 6.07) is 36.4. The Balaban J connectivity index is 0.964. The molecule has 5 atom stereocenters. The second-order valence-corrected chi connectivity index (χ2v) is 21.2. The molecule has 4 aromatic carbocycles. The third-order valence-electron chi connectivity index (χ3n) is 16.1. The molecule has 6 heteroatoms. The van der Waals surface area contributed by atoms with Gasteiger partial charge in [-0.1, -0.05) is 134 Å². The van der Waals surface area contributed by atoms with E-state index in [4.69, 9.17) is 4.99 Å². The molecular weight excluding hydrogens is 847 g/mol. The number of nitrogens with zero attached hydrogens (tertiary/aromatic N) is 2. The third-order valence-corrected chi connectivity index (χ3v) is 17.4. The smallest absolute Gasteiger partial charge is 0.129 e. The van der Waals surface area contributed by atoms with Crippen LogP contribution in [0.2, 0.25) is 0 Å². The average molecular weight is 908 g/mol. The van der Waals surface area contributed by atoms with Gasteiger partial charge in [0.15, 0.2) is 0 Å². The van der Waals surface area contributed by atoms with Gasteiger partial charge in [-0.2, -0.15) is 0 Å². The summed E-state index contributed by atoms with van der Waals surface area (Å²) in [5.41, 5.74) is 15.3. The largest absolute Gasteiger partial charge is 0.384 e. The standard InChI is InChI=1S/C62H61N5S/c1-6-19-40(20-7-1)47-34-33-44(35-51(47)41-21-8-2-9-22-41)45-36-54(62-65-60(42-23-10-3-11-24-42)64-61(66-62)43-25-12-4-13-26-43)58(63-39-45)50-31-18-30-49-53-37-52-48-29-16-17-32-55(48)67(46-27-14-5-15-28-46)56(52)38-57(53)68-59(49)50/h1-4,6,8-12,16-17,21-25,27,29-30,32-34,37-38,40,44-45,60-61,63-64H,5,7,13-15,18-20,26,28,31,35-36,39H2,(H,65,66). The van der Waals surface area contributed by atoms with Crippen LogP contribution in [0.1, 0.15) is 101 Å². The van der Waals surface area contributed by atoms with Gasteiger partial charge in [-0.3, -0.25) is 5.32 Å². The number of amidine groups is 1. The Hall–Kier alpha value is -6.21. The topological polar surface area (TPSA) is 53.4 Å². The molecule has 0 radical (unpaired) electrons. The quantitative estimate of drug-likeness (QED) is 0.133. The number of aliphatic imine (C=N–C) groups is 1. The van der Waals surface area contributed by atoms with Crippen LogP contribution in [0.25, 0.3) is 54.8 Å². The van der Waals surface area contributed by atoms with E-state index in [0.717, 1.165) is 70.2 Å². The predicted octanol–water partition coefficient (Wildman–Crippen LogP) is 13.3. The van der Waals surface area contributed by atoms with Crippen molar-refractivity contribution in [2.24, 2.45) is 22.7 Å². The molecule has 6 aromatic rings. The van der Waals surface area contributed by atoms with E-state index in [1.54, 1.807) is 11.1 Å². The SMILES string of the molecule is C1=CCCC(C2N=C(C3=C(C4=c5sc6cc7c(cc6c5=CCC4)c4ccccc4n7C4=CCCCC4)NCC(C4C=CC(C5CC=CCC5)=C(c5ccccc5)C4)C3)NC(c3ccccc3)N2)=C1. The summed E-state index contributed by atoms with van der Waals surface area (Å²) in [7, 11) is 0. The van der Waals surface area contributed by atoms with Crippen LogP contribution in [0, 0.1) is 17.8 Å². The van der Waals surface area contributed by atoms with E-state index in [1.807, 2.05) is 11.3 Å². The highest BCUT2D eigenvalue weighted by Crippen LogP contribution is 2.44. The van der Waals surface area contributed by atoms with Gasteiger partial charge in [-0.15, -0.1) is 11.3 Å². The Morgan fingerprint density at radius 2 is 1.59 bits per heavy atom. The highest BCUT2D eigenvalue weighted by Gasteiger charge is 2.36. The van der Waals surface area contributed by atoms with Crippen molar-refractivity contribution < 1.29 is 0 Å². The molecule has 68 heavy (non-hydrogen) atoms. The number of rotatable bonds is 8. The van der Waals surface area contributed by atoms with Crippen LogP contribution in [0.5, 0.6) is 0 Å². The molecule has 7 aliphatic rings. The van der Waals surface area contributed by atoms with Gasteiger partial charge in [0.2, 0.25) is 0 Å². The van der Waals surface area contributed by atoms with E-state index >= 15 is 0 Å². The van der Waals surface area contributed by atoms with Gasteiger partial charge in [0.25, 0.3) is 0 Å². The highest BCUT2D eigenvalue weighted by molar-refractivity contribution is 7.17. The zero-order valence-corrected chi connectivity index (χ0v) is 39.8. The zero-order valence-electron chi connectivity index (χ0n) is 39.0. The lowest BCUT2D eigenvalue weighted by Crippen LogP contribution is -2.51. The van der Waals surface area contributed by atoms with Gasteiger partial charge in [0.05, 0.1) is 11.0 Å². The number of benzene rings is 4. The molecule has 2 aromatic heterocycles. The summed E-state index contributed by atoms with van der Waals surface area (Å²) >= 11 is 2.00. The van der Waals surface area contributed by atoms with Crippen molar-refractivity contribution in [2.45, 2.75) is 95.8 Å². The molecule has 340 valence electrons. The Bertz CT molecular complexity index is 3350. The molecule has 3 N–H and O–H groups in total. The van der Waals surface area contributed by atoms with Crippen molar-refractivity contribution in [3.63, 3.8) is 0 Å². The first-order chi connectivity index (χ1) is 33.7. The Kier molecular flexibility index (Phi) is 11.1. The maximum absolute atomic E-state index is 5.71. The van der Waals surface area contributed by atoms with Gasteiger partial charge < -0.3 is 15.2 Å². The maximum Gasteiger partial charge on any atom is 0.129 e. The van der Waals surface area contributed by atoms with Crippen molar-refractivity contribution in [3.8, 4) is 0 Å². The predicted molar refractivity (Wildman–Crippen MR) is 287 cm³/mol. The number of para-hydroxylation sites is 1. The van der Waals surface area contributed by atoms with Crippen molar-refractivity contribution in [3.05, 3.63) is 189 Å². The molecule has 0 fully saturated rings. The number of allylic oxidation sites excluding steroid dienone is 12. The second kappa shape index (κ2) is 18.0. The molecule has 0 bridgehead atoms. The zero-order chi connectivity index (χ0) is 45.0. The first-order valence-corrected chi connectivity index (χ1v) is 26.5. The molecule has 5 unspecified atom stereocenters. The number of nitrogens with one attached hydrogen (secondary N) is 3. The fraction of sp³-hybridized carbons (Fsp3) is 0.306. The minimum Gasteiger partial charge on any atom is -0.384 e. The van der Waals surface area contributed by atoms with Gasteiger partial charge in [0, 0.05) is 48.9 Å². The maximum atomic E-state index is 5.71. The number of hydrogen-bond acceptors (Lipinski definition) is 5. The van der Waals surface area contributed by atoms with Gasteiger partial charge in [0.1, 0.15) is 18.2 Å². The fourth-order valence-corrected chi connectivity index (χ4v) is 14.0. The minimum absolute atomic E-state index is 0.0685. The van der Waals surface area contributed by atoms with Crippen LogP contribution in [0.15, 0.2) is 173 Å². The molecule has 13 rings (SSSR count). The molecule has 0 spiro atoms. The Morgan fingerprint density at radius 3 is 2.43 bits per heavy atom. The Labute approximate surface area is 404 Å². The number of fused-ring (bicyclic) bond motifs is 6. The average Bonchev–Trinajstić information content (AvgIpc) is 3.96. The number of hydrogen-bond donors (Lipinski definition) is 3. The third kappa shape index (κ3) is 7.61. The van der Waals surface area contributed by atoms with Crippen LogP contribution in [0.3, 0.4) is 0 Å². The van der Waals surface area contributed by atoms with Crippen LogP contribution in [-0.2, 0) is 0 Å². The lowest BCUT2D eigenvalue weighted by atomic mass is 9.72. The van der Waals surface area contributed by atoms with Crippen molar-refractivity contribution in [1.29, 1.82) is 0 Å². The van der Waals surface area contributed by atoms with Gasteiger partial charge in [-0.05, 0) is 158 Å². The first-order valence-electron chi connectivity index (χ1n) is 25.7. The molecule has 2 aliphatic heterocycles. The van der Waals surface area contributed by atoms with Crippen LogP contribution in [-0.4, -0.2) is 23.1 Å². The van der Waals surface area contributed by atoms with Crippen LogP contribution >= 0.6 is 11.3 Å². The van der Waals surface area contributed by atoms with E-state index in [2.05, 4.69) is 172 Å². The molecule has 4 heterocycles. The van der Waals surface area contributed by atoms with Gasteiger partial charge in [-0.25, -0.2) is 4.99 Å². The molecule has 0 amide bonds. The van der Waals surface area contributed by atoms with Crippen molar-refractivity contribution >= 4 is 72.0 Å². The Morgan fingerprint density at radius 1 is 0.706 bits per heavy atom.